The van der Waals surface area contributed by atoms with Crippen LogP contribution in [0.1, 0.15) is 45.4 Å². The van der Waals surface area contributed by atoms with Crippen molar-refractivity contribution in [2.24, 2.45) is 11.7 Å². The quantitative estimate of drug-likeness (QED) is 0.792. The number of nitrogens with zero attached hydrogens (tertiary/aromatic N) is 1. The molecule has 1 aromatic heterocycles. The number of ether oxygens (including phenoxy) is 1. The average Bonchev–Trinajstić information content (AvgIpc) is 2.35. The van der Waals surface area contributed by atoms with E-state index in [9.17, 15) is 0 Å². The first kappa shape index (κ1) is 14.1. The van der Waals surface area contributed by atoms with Crippen molar-refractivity contribution in [1.29, 1.82) is 0 Å². The Kier molecular flexibility index (Phi) is 6.16. The topological polar surface area (TPSA) is 48.1 Å². The third-order valence-corrected chi connectivity index (χ3v) is 3.12. The van der Waals surface area contributed by atoms with Crippen molar-refractivity contribution in [3.8, 4) is 0 Å². The second kappa shape index (κ2) is 7.41. The summed E-state index contributed by atoms with van der Waals surface area (Å²) in [5.41, 5.74) is 6.90. The molecule has 0 saturated heterocycles. The molecule has 0 aliphatic heterocycles. The van der Waals surface area contributed by atoms with Crippen LogP contribution in [0, 0.1) is 5.92 Å². The maximum atomic E-state index is 5.97. The Morgan fingerprint density at radius 1 is 1.29 bits per heavy atom. The molecule has 2 unspecified atom stereocenters. The summed E-state index contributed by atoms with van der Waals surface area (Å²) in [5, 5.41) is 0. The largest absolute Gasteiger partial charge is 0.370 e. The van der Waals surface area contributed by atoms with Gasteiger partial charge in [0.2, 0.25) is 0 Å². The Morgan fingerprint density at radius 2 is 2.00 bits per heavy atom. The first-order valence-corrected chi connectivity index (χ1v) is 6.47. The Morgan fingerprint density at radius 3 is 2.47 bits per heavy atom. The van der Waals surface area contributed by atoms with Crippen molar-refractivity contribution >= 4 is 0 Å². The van der Waals surface area contributed by atoms with Crippen LogP contribution in [0.25, 0.3) is 0 Å². The molecule has 3 nitrogen and oxygen atoms in total. The SMILES string of the molecule is CCC(CC)COC(c1ccccn1)C(C)N. The molecule has 2 atom stereocenters. The molecule has 2 N–H and O–H groups in total. The molecule has 0 amide bonds. The maximum absolute atomic E-state index is 5.97. The van der Waals surface area contributed by atoms with Crippen molar-refractivity contribution in [2.75, 3.05) is 6.61 Å². The molecule has 1 rings (SSSR count). The first-order valence-electron chi connectivity index (χ1n) is 6.47. The normalized spacial score (nSPS) is 14.9. The minimum absolute atomic E-state index is 0.0423. The van der Waals surface area contributed by atoms with Crippen molar-refractivity contribution in [2.45, 2.75) is 45.8 Å². The lowest BCUT2D eigenvalue weighted by molar-refractivity contribution is 0.0116. The molecule has 0 saturated carbocycles. The molecule has 3 heteroatoms. The Labute approximate surface area is 104 Å². The number of rotatable bonds is 7. The second-order valence-electron chi connectivity index (χ2n) is 4.55. The van der Waals surface area contributed by atoms with Gasteiger partial charge in [0, 0.05) is 12.2 Å². The van der Waals surface area contributed by atoms with Crippen LogP contribution in [-0.4, -0.2) is 17.6 Å². The van der Waals surface area contributed by atoms with Gasteiger partial charge in [0.05, 0.1) is 12.3 Å². The van der Waals surface area contributed by atoms with Gasteiger partial charge < -0.3 is 10.5 Å². The van der Waals surface area contributed by atoms with Gasteiger partial charge in [-0.25, -0.2) is 0 Å². The van der Waals surface area contributed by atoms with Gasteiger partial charge in [-0.3, -0.25) is 4.98 Å². The molecule has 0 fully saturated rings. The molecule has 17 heavy (non-hydrogen) atoms. The molecule has 1 aromatic rings. The zero-order valence-corrected chi connectivity index (χ0v) is 11.1. The monoisotopic (exact) mass is 236 g/mol. The summed E-state index contributed by atoms with van der Waals surface area (Å²) >= 11 is 0. The molecule has 0 bridgehead atoms. The minimum atomic E-state index is -0.100. The lowest BCUT2D eigenvalue weighted by Crippen LogP contribution is -2.29. The van der Waals surface area contributed by atoms with E-state index in [0.29, 0.717) is 5.92 Å². The molecular formula is C14H24N2O. The van der Waals surface area contributed by atoms with Crippen LogP contribution in [0.5, 0.6) is 0 Å². The van der Waals surface area contributed by atoms with Crippen molar-refractivity contribution < 1.29 is 4.74 Å². The molecule has 0 aromatic carbocycles. The van der Waals surface area contributed by atoms with Gasteiger partial charge in [-0.15, -0.1) is 0 Å². The number of pyridine rings is 1. The van der Waals surface area contributed by atoms with Crippen LogP contribution in [0.2, 0.25) is 0 Å². The Balaban J connectivity index is 2.62. The Bertz CT molecular complexity index is 296. The van der Waals surface area contributed by atoms with E-state index in [0.717, 1.165) is 25.1 Å². The highest BCUT2D eigenvalue weighted by atomic mass is 16.5. The van der Waals surface area contributed by atoms with Gasteiger partial charge >= 0.3 is 0 Å². The zero-order valence-electron chi connectivity index (χ0n) is 11.1. The summed E-state index contributed by atoms with van der Waals surface area (Å²) in [7, 11) is 0. The fraction of sp³-hybridized carbons (Fsp3) is 0.643. The number of hydrogen-bond acceptors (Lipinski definition) is 3. The average molecular weight is 236 g/mol. The number of aromatic nitrogens is 1. The van der Waals surface area contributed by atoms with E-state index in [2.05, 4.69) is 18.8 Å². The summed E-state index contributed by atoms with van der Waals surface area (Å²) in [5.74, 6) is 0.611. The van der Waals surface area contributed by atoms with E-state index in [4.69, 9.17) is 10.5 Å². The highest BCUT2D eigenvalue weighted by Gasteiger charge is 2.19. The third-order valence-electron chi connectivity index (χ3n) is 3.12. The van der Waals surface area contributed by atoms with Crippen LogP contribution >= 0.6 is 0 Å². The van der Waals surface area contributed by atoms with Gasteiger partial charge in [0.25, 0.3) is 0 Å². The van der Waals surface area contributed by atoms with E-state index < -0.39 is 0 Å². The minimum Gasteiger partial charge on any atom is -0.370 e. The zero-order chi connectivity index (χ0) is 12.7. The number of nitrogens with two attached hydrogens (primary N) is 1. The Hall–Kier alpha value is -0.930. The lowest BCUT2D eigenvalue weighted by Gasteiger charge is -2.23. The first-order chi connectivity index (χ1) is 8.19. The van der Waals surface area contributed by atoms with E-state index in [1.165, 1.54) is 0 Å². The summed E-state index contributed by atoms with van der Waals surface area (Å²) in [6.07, 6.45) is 3.97. The van der Waals surface area contributed by atoms with E-state index in [-0.39, 0.29) is 12.1 Å². The molecule has 1 heterocycles. The van der Waals surface area contributed by atoms with Crippen molar-refractivity contribution in [3.05, 3.63) is 30.1 Å². The third kappa shape index (κ3) is 4.44. The standard InChI is InChI=1S/C14H24N2O/c1-4-12(5-2)10-17-14(11(3)15)13-8-6-7-9-16-13/h6-9,11-12,14H,4-5,10,15H2,1-3H3. The van der Waals surface area contributed by atoms with E-state index >= 15 is 0 Å². The van der Waals surface area contributed by atoms with Crippen molar-refractivity contribution in [3.63, 3.8) is 0 Å². The van der Waals surface area contributed by atoms with Crippen LogP contribution in [0.4, 0.5) is 0 Å². The molecular weight excluding hydrogens is 212 g/mol. The van der Waals surface area contributed by atoms with Crippen molar-refractivity contribution in [1.82, 2.24) is 4.98 Å². The van der Waals surface area contributed by atoms with Crippen LogP contribution in [0.3, 0.4) is 0 Å². The maximum Gasteiger partial charge on any atom is 0.114 e. The van der Waals surface area contributed by atoms with Gasteiger partial charge in [-0.1, -0.05) is 32.8 Å². The molecule has 0 aliphatic rings. The predicted molar refractivity (Wildman–Crippen MR) is 70.7 cm³/mol. The highest BCUT2D eigenvalue weighted by Crippen LogP contribution is 2.20. The van der Waals surface area contributed by atoms with Gasteiger partial charge in [0.1, 0.15) is 6.10 Å². The second-order valence-corrected chi connectivity index (χ2v) is 4.55. The van der Waals surface area contributed by atoms with Gasteiger partial charge in [0.15, 0.2) is 0 Å². The van der Waals surface area contributed by atoms with Gasteiger partial charge in [-0.05, 0) is 25.0 Å². The number of hydrogen-bond donors (Lipinski definition) is 1. The van der Waals surface area contributed by atoms with Crippen LogP contribution < -0.4 is 5.73 Å². The molecule has 0 radical (unpaired) electrons. The predicted octanol–water partition coefficient (Wildman–Crippen LogP) is 2.92. The molecule has 0 aliphatic carbocycles. The van der Waals surface area contributed by atoms with E-state index in [1.54, 1.807) is 6.20 Å². The molecule has 96 valence electrons. The highest BCUT2D eigenvalue weighted by molar-refractivity contribution is 5.08. The smallest absolute Gasteiger partial charge is 0.114 e. The summed E-state index contributed by atoms with van der Waals surface area (Å²) in [6.45, 7) is 7.11. The fourth-order valence-electron chi connectivity index (χ4n) is 1.81. The van der Waals surface area contributed by atoms with Crippen LogP contribution in [0.15, 0.2) is 24.4 Å². The van der Waals surface area contributed by atoms with E-state index in [1.807, 2.05) is 25.1 Å². The van der Waals surface area contributed by atoms with Gasteiger partial charge in [-0.2, -0.15) is 0 Å². The fourth-order valence-corrected chi connectivity index (χ4v) is 1.81. The molecule has 0 spiro atoms. The lowest BCUT2D eigenvalue weighted by atomic mass is 10.0. The summed E-state index contributed by atoms with van der Waals surface area (Å²) in [6, 6.07) is 5.81. The summed E-state index contributed by atoms with van der Waals surface area (Å²) in [4.78, 5) is 4.32. The van der Waals surface area contributed by atoms with Crippen LogP contribution in [-0.2, 0) is 4.74 Å². The summed E-state index contributed by atoms with van der Waals surface area (Å²) < 4.78 is 5.95.